The van der Waals surface area contributed by atoms with E-state index in [1.807, 2.05) is 13.8 Å². The van der Waals surface area contributed by atoms with E-state index in [0.29, 0.717) is 36.9 Å². The van der Waals surface area contributed by atoms with Crippen LogP contribution in [0.5, 0.6) is 0 Å². The Morgan fingerprint density at radius 1 is 1.24 bits per heavy atom. The first kappa shape index (κ1) is 16.9. The van der Waals surface area contributed by atoms with Crippen LogP contribution in [0.3, 0.4) is 0 Å². The van der Waals surface area contributed by atoms with Gasteiger partial charge in [-0.15, -0.1) is 10.2 Å². The van der Waals surface area contributed by atoms with Gasteiger partial charge in [-0.2, -0.15) is 0 Å². The van der Waals surface area contributed by atoms with Crippen LogP contribution in [-0.4, -0.2) is 54.1 Å². The van der Waals surface area contributed by atoms with Crippen molar-refractivity contribution in [1.29, 1.82) is 0 Å². The number of nitrogens with one attached hydrogen (secondary N) is 2. The topological polar surface area (TPSA) is 87.2 Å². The van der Waals surface area contributed by atoms with Gasteiger partial charge in [0.05, 0.1) is 0 Å². The summed E-state index contributed by atoms with van der Waals surface area (Å²) in [6.07, 6.45) is 0.368. The summed E-state index contributed by atoms with van der Waals surface area (Å²) in [6, 6.07) is 3.28. The van der Waals surface area contributed by atoms with Crippen molar-refractivity contribution >= 4 is 17.6 Å². The predicted molar refractivity (Wildman–Crippen MR) is 81.0 cm³/mol. The first-order chi connectivity index (χ1) is 9.90. The number of hydrogen-bond acceptors (Lipinski definition) is 5. The minimum absolute atomic E-state index is 0.00330. The fourth-order valence-corrected chi connectivity index (χ4v) is 1.48. The van der Waals surface area contributed by atoms with Crippen LogP contribution < -0.4 is 10.6 Å². The van der Waals surface area contributed by atoms with Gasteiger partial charge in [-0.05, 0) is 18.1 Å². The number of carbonyl (C=O) groups is 2. The number of nitrogens with zero attached hydrogens (tertiary/aromatic N) is 3. The molecule has 7 heteroatoms. The lowest BCUT2D eigenvalue weighted by molar-refractivity contribution is -0.120. The summed E-state index contributed by atoms with van der Waals surface area (Å²) >= 11 is 0. The summed E-state index contributed by atoms with van der Waals surface area (Å²) in [5.41, 5.74) is 0.292. The van der Waals surface area contributed by atoms with Crippen LogP contribution in [-0.2, 0) is 4.79 Å². The Kier molecular flexibility index (Phi) is 6.58. The fourth-order valence-electron chi connectivity index (χ4n) is 1.48. The van der Waals surface area contributed by atoms with E-state index >= 15 is 0 Å². The molecule has 0 saturated heterocycles. The lowest BCUT2D eigenvalue weighted by atomic mass is 10.2. The number of amides is 2. The highest BCUT2D eigenvalue weighted by Gasteiger charge is 2.10. The molecular formula is C14H23N5O2. The van der Waals surface area contributed by atoms with E-state index in [4.69, 9.17) is 0 Å². The van der Waals surface area contributed by atoms with Crippen molar-refractivity contribution < 1.29 is 9.59 Å². The van der Waals surface area contributed by atoms with Gasteiger partial charge in [-0.3, -0.25) is 9.59 Å². The van der Waals surface area contributed by atoms with Gasteiger partial charge in [0, 0.05) is 33.6 Å². The second kappa shape index (κ2) is 8.18. The Balaban J connectivity index is 2.36. The summed E-state index contributed by atoms with van der Waals surface area (Å²) in [5, 5.41) is 13.6. The van der Waals surface area contributed by atoms with Crippen LogP contribution in [0.25, 0.3) is 0 Å². The van der Waals surface area contributed by atoms with Crippen LogP contribution in [0.2, 0.25) is 0 Å². The number of carbonyl (C=O) groups excluding carboxylic acids is 2. The molecule has 116 valence electrons. The quantitative estimate of drug-likeness (QED) is 0.774. The molecule has 0 bridgehead atoms. The van der Waals surface area contributed by atoms with Crippen molar-refractivity contribution in [3.63, 3.8) is 0 Å². The zero-order valence-corrected chi connectivity index (χ0v) is 13.0. The molecule has 0 saturated carbocycles. The molecule has 0 aliphatic carbocycles. The van der Waals surface area contributed by atoms with Crippen LogP contribution in [0.4, 0.5) is 5.82 Å². The largest absolute Gasteiger partial charge is 0.368 e. The molecule has 0 fully saturated rings. The summed E-state index contributed by atoms with van der Waals surface area (Å²) in [5.74, 6) is 0.794. The van der Waals surface area contributed by atoms with Crippen molar-refractivity contribution in [1.82, 2.24) is 20.4 Å². The minimum Gasteiger partial charge on any atom is -0.368 e. The van der Waals surface area contributed by atoms with Gasteiger partial charge in [-0.1, -0.05) is 13.8 Å². The summed E-state index contributed by atoms with van der Waals surface area (Å²) in [4.78, 5) is 24.6. The zero-order valence-electron chi connectivity index (χ0n) is 13.0. The molecule has 21 heavy (non-hydrogen) atoms. The van der Waals surface area contributed by atoms with Crippen LogP contribution in [0.1, 0.15) is 30.8 Å². The summed E-state index contributed by atoms with van der Waals surface area (Å²) < 4.78 is 0. The second-order valence-corrected chi connectivity index (χ2v) is 5.38. The van der Waals surface area contributed by atoms with E-state index in [2.05, 4.69) is 20.8 Å². The molecule has 7 nitrogen and oxygen atoms in total. The molecular weight excluding hydrogens is 270 g/mol. The third-order valence-corrected chi connectivity index (χ3v) is 2.66. The predicted octanol–water partition coefficient (Wildman–Crippen LogP) is 0.753. The second-order valence-electron chi connectivity index (χ2n) is 5.38. The Morgan fingerprint density at radius 2 is 1.95 bits per heavy atom. The van der Waals surface area contributed by atoms with Gasteiger partial charge in [0.25, 0.3) is 5.91 Å². The lowest BCUT2D eigenvalue weighted by Gasteiger charge is -2.10. The molecule has 0 radical (unpaired) electrons. The van der Waals surface area contributed by atoms with E-state index in [-0.39, 0.29) is 11.8 Å². The third kappa shape index (κ3) is 6.20. The molecule has 0 atom stereocenters. The van der Waals surface area contributed by atoms with Crippen molar-refractivity contribution in [2.45, 2.75) is 20.3 Å². The molecule has 1 aromatic rings. The van der Waals surface area contributed by atoms with E-state index < -0.39 is 0 Å². The van der Waals surface area contributed by atoms with Crippen LogP contribution in [0.15, 0.2) is 12.1 Å². The van der Waals surface area contributed by atoms with Crippen molar-refractivity contribution in [3.8, 4) is 0 Å². The molecule has 0 aliphatic heterocycles. The highest BCUT2D eigenvalue weighted by Crippen LogP contribution is 2.03. The smallest absolute Gasteiger partial charge is 0.273 e. The highest BCUT2D eigenvalue weighted by atomic mass is 16.2. The van der Waals surface area contributed by atoms with Gasteiger partial charge < -0.3 is 15.5 Å². The average molecular weight is 293 g/mol. The third-order valence-electron chi connectivity index (χ3n) is 2.66. The molecule has 0 aromatic carbocycles. The maximum absolute atomic E-state index is 11.6. The normalized spacial score (nSPS) is 10.3. The van der Waals surface area contributed by atoms with E-state index in [1.165, 1.54) is 4.90 Å². The van der Waals surface area contributed by atoms with Gasteiger partial charge in [0.15, 0.2) is 5.69 Å². The first-order valence-electron chi connectivity index (χ1n) is 6.96. The standard InChI is InChI=1S/C14H23N5O2/c1-10(2)9-16-13(20)7-8-15-12-6-5-11(17-18-12)14(21)19(3)4/h5-6,10H,7-9H2,1-4H3,(H,15,18)(H,16,20). The van der Waals surface area contributed by atoms with Crippen LogP contribution >= 0.6 is 0 Å². The highest BCUT2D eigenvalue weighted by molar-refractivity contribution is 5.91. The summed E-state index contributed by atoms with van der Waals surface area (Å²) in [7, 11) is 3.32. The monoisotopic (exact) mass is 293 g/mol. The van der Waals surface area contributed by atoms with E-state index in [1.54, 1.807) is 26.2 Å². The molecule has 0 spiro atoms. The molecule has 1 heterocycles. The average Bonchev–Trinajstić information content (AvgIpc) is 2.45. The number of hydrogen-bond donors (Lipinski definition) is 2. The lowest BCUT2D eigenvalue weighted by Crippen LogP contribution is -2.28. The van der Waals surface area contributed by atoms with Crippen molar-refractivity contribution in [2.75, 3.05) is 32.5 Å². The number of rotatable bonds is 7. The van der Waals surface area contributed by atoms with Crippen molar-refractivity contribution in [2.24, 2.45) is 5.92 Å². The van der Waals surface area contributed by atoms with Gasteiger partial charge in [0.1, 0.15) is 5.82 Å². The molecule has 1 rings (SSSR count). The Labute approximate surface area is 125 Å². The molecule has 2 amide bonds. The summed E-state index contributed by atoms with van der Waals surface area (Å²) in [6.45, 7) is 5.24. The SMILES string of the molecule is CC(C)CNC(=O)CCNc1ccc(C(=O)N(C)C)nn1. The molecule has 2 N–H and O–H groups in total. The minimum atomic E-state index is -0.192. The first-order valence-corrected chi connectivity index (χ1v) is 6.96. The fraction of sp³-hybridized carbons (Fsp3) is 0.571. The number of aromatic nitrogens is 2. The maximum Gasteiger partial charge on any atom is 0.273 e. The zero-order chi connectivity index (χ0) is 15.8. The Hall–Kier alpha value is -2.18. The molecule has 0 unspecified atom stereocenters. The van der Waals surface area contributed by atoms with Gasteiger partial charge in [-0.25, -0.2) is 0 Å². The maximum atomic E-state index is 11.6. The van der Waals surface area contributed by atoms with Gasteiger partial charge in [0.2, 0.25) is 5.91 Å². The number of anilines is 1. The Morgan fingerprint density at radius 3 is 2.48 bits per heavy atom. The molecule has 1 aromatic heterocycles. The Bertz CT molecular complexity index is 471. The van der Waals surface area contributed by atoms with Gasteiger partial charge >= 0.3 is 0 Å². The van der Waals surface area contributed by atoms with E-state index in [9.17, 15) is 9.59 Å². The van der Waals surface area contributed by atoms with E-state index in [0.717, 1.165) is 0 Å². The van der Waals surface area contributed by atoms with Crippen molar-refractivity contribution in [3.05, 3.63) is 17.8 Å². The van der Waals surface area contributed by atoms with Crippen LogP contribution in [0, 0.1) is 5.92 Å². The molecule has 0 aliphatic rings.